The third-order valence-electron chi connectivity index (χ3n) is 6.96. The second kappa shape index (κ2) is 11.6. The molecule has 2 aliphatic rings. The van der Waals surface area contributed by atoms with Gasteiger partial charge in [0.05, 0.1) is 6.54 Å². The molecule has 1 aromatic heterocycles. The van der Waals surface area contributed by atoms with E-state index in [1.807, 2.05) is 16.7 Å². The van der Waals surface area contributed by atoms with Crippen LogP contribution in [-0.4, -0.2) is 52.8 Å². The minimum atomic E-state index is -2.88. The van der Waals surface area contributed by atoms with Crippen molar-refractivity contribution in [3.63, 3.8) is 0 Å². The van der Waals surface area contributed by atoms with Gasteiger partial charge in [0.25, 0.3) is 5.89 Å². The molecule has 0 unspecified atom stereocenters. The summed E-state index contributed by atoms with van der Waals surface area (Å²) in [6.45, 7) is 8.50. The van der Waals surface area contributed by atoms with Gasteiger partial charge in [0.2, 0.25) is 5.89 Å². The van der Waals surface area contributed by atoms with Crippen molar-refractivity contribution in [3.8, 4) is 11.5 Å². The summed E-state index contributed by atoms with van der Waals surface area (Å²) >= 11 is 1.92. The predicted molar refractivity (Wildman–Crippen MR) is 140 cm³/mol. The van der Waals surface area contributed by atoms with Crippen molar-refractivity contribution in [2.75, 3.05) is 42.6 Å². The van der Waals surface area contributed by atoms with E-state index in [1.165, 1.54) is 11.6 Å². The van der Waals surface area contributed by atoms with E-state index in [2.05, 4.69) is 51.3 Å². The first-order chi connectivity index (χ1) is 18.0. The van der Waals surface area contributed by atoms with Gasteiger partial charge < -0.3 is 19.5 Å². The summed E-state index contributed by atoms with van der Waals surface area (Å²) < 4.78 is 45.9. The van der Waals surface area contributed by atoms with Crippen LogP contribution in [-0.2, 0) is 6.54 Å². The van der Waals surface area contributed by atoms with Gasteiger partial charge in [0, 0.05) is 41.4 Å². The lowest BCUT2D eigenvalue weighted by Gasteiger charge is -2.37. The van der Waals surface area contributed by atoms with Crippen molar-refractivity contribution in [1.82, 2.24) is 20.4 Å². The molecule has 0 saturated carbocycles. The maximum Gasteiger partial charge on any atom is 0.314 e. The molecule has 6 nitrogen and oxygen atoms in total. The zero-order chi connectivity index (χ0) is 25.8. The van der Waals surface area contributed by atoms with Crippen molar-refractivity contribution in [1.29, 1.82) is 0 Å². The molecule has 2 aliphatic heterocycles. The van der Waals surface area contributed by atoms with Crippen molar-refractivity contribution < 1.29 is 17.6 Å². The Morgan fingerprint density at radius 2 is 1.84 bits per heavy atom. The number of nitrogens with zero attached hydrogens (tertiary/aromatic N) is 4. The smallest absolute Gasteiger partial charge is 0.314 e. The largest absolute Gasteiger partial charge is 0.415 e. The van der Waals surface area contributed by atoms with Crippen LogP contribution in [0, 0.1) is 5.82 Å². The molecule has 0 amide bonds. The Balaban J connectivity index is 1.40. The standard InChI is InChI=1S/C27H30F3N5OS/c1-18(34-12-14-37-15-13-34)35(23-6-4-19(5-7-23)20-8-10-31-11-9-20)17-22-3-2-21(16-24(22)28)26-32-33-27(36-26)25(29)30/h2-7,16,20,25,31H,1,8-15,17H2. The van der Waals surface area contributed by atoms with Crippen LogP contribution >= 0.6 is 11.8 Å². The van der Waals surface area contributed by atoms with E-state index in [4.69, 9.17) is 4.42 Å². The van der Waals surface area contributed by atoms with Gasteiger partial charge in [-0.2, -0.15) is 20.5 Å². The van der Waals surface area contributed by atoms with E-state index in [0.29, 0.717) is 11.5 Å². The molecule has 5 rings (SSSR count). The quantitative estimate of drug-likeness (QED) is 0.395. The molecule has 0 bridgehead atoms. The monoisotopic (exact) mass is 529 g/mol. The molecular formula is C27H30F3N5OS. The van der Waals surface area contributed by atoms with Crippen LogP contribution in [0.3, 0.4) is 0 Å². The fourth-order valence-electron chi connectivity index (χ4n) is 4.82. The second-order valence-corrected chi connectivity index (χ2v) is 10.5. The number of anilines is 1. The lowest BCUT2D eigenvalue weighted by molar-refractivity contribution is 0.116. The number of nitrogens with one attached hydrogen (secondary N) is 1. The zero-order valence-electron chi connectivity index (χ0n) is 20.5. The topological polar surface area (TPSA) is 57.4 Å². The molecule has 0 aliphatic carbocycles. The first-order valence-corrected chi connectivity index (χ1v) is 13.6. The Kier molecular flexibility index (Phi) is 8.05. The lowest BCUT2D eigenvalue weighted by atomic mass is 9.90. The van der Waals surface area contributed by atoms with E-state index >= 15 is 4.39 Å². The molecule has 0 spiro atoms. The molecule has 37 heavy (non-hydrogen) atoms. The third-order valence-corrected chi connectivity index (χ3v) is 7.90. The van der Waals surface area contributed by atoms with Crippen molar-refractivity contribution in [2.45, 2.75) is 31.7 Å². The number of piperidine rings is 1. The first-order valence-electron chi connectivity index (χ1n) is 12.5. The van der Waals surface area contributed by atoms with Crippen LogP contribution in [0.5, 0.6) is 0 Å². The average molecular weight is 530 g/mol. The molecule has 3 heterocycles. The van der Waals surface area contributed by atoms with Crippen LogP contribution in [0.2, 0.25) is 0 Å². The van der Waals surface area contributed by atoms with E-state index in [-0.39, 0.29) is 18.0 Å². The van der Waals surface area contributed by atoms with Gasteiger partial charge >= 0.3 is 6.43 Å². The van der Waals surface area contributed by atoms with Gasteiger partial charge in [0.1, 0.15) is 11.6 Å². The van der Waals surface area contributed by atoms with Crippen molar-refractivity contribution in [3.05, 3.63) is 77.7 Å². The Bertz CT molecular complexity index is 1210. The van der Waals surface area contributed by atoms with Crippen LogP contribution in [0.4, 0.5) is 18.9 Å². The molecular weight excluding hydrogens is 499 g/mol. The number of thioether (sulfide) groups is 1. The summed E-state index contributed by atoms with van der Waals surface area (Å²) in [6.07, 6.45) is -0.630. The summed E-state index contributed by atoms with van der Waals surface area (Å²) in [6, 6.07) is 13.0. The maximum absolute atomic E-state index is 15.3. The molecule has 196 valence electrons. The first kappa shape index (κ1) is 25.7. The summed E-state index contributed by atoms with van der Waals surface area (Å²) in [4.78, 5) is 4.29. The number of halogens is 3. The summed E-state index contributed by atoms with van der Waals surface area (Å²) in [5.41, 5.74) is 2.98. The Hall–Kier alpha value is -2.98. The predicted octanol–water partition coefficient (Wildman–Crippen LogP) is 5.81. The van der Waals surface area contributed by atoms with Crippen molar-refractivity contribution >= 4 is 17.4 Å². The van der Waals surface area contributed by atoms with E-state index in [0.717, 1.165) is 62.0 Å². The van der Waals surface area contributed by atoms with E-state index < -0.39 is 18.1 Å². The third kappa shape index (κ3) is 5.96. The number of benzene rings is 2. The van der Waals surface area contributed by atoms with Gasteiger partial charge in [-0.15, -0.1) is 10.2 Å². The number of alkyl halides is 2. The Morgan fingerprint density at radius 1 is 1.11 bits per heavy atom. The van der Waals surface area contributed by atoms with E-state index in [1.54, 1.807) is 12.1 Å². The normalized spacial score (nSPS) is 16.8. The minimum Gasteiger partial charge on any atom is -0.415 e. The SMILES string of the molecule is C=C(N1CCSCC1)N(Cc1ccc(-c2nnc(C(F)F)o2)cc1F)c1ccc(C2CCNCC2)cc1. The highest BCUT2D eigenvalue weighted by Gasteiger charge is 2.23. The lowest BCUT2D eigenvalue weighted by Crippen LogP contribution is -2.39. The van der Waals surface area contributed by atoms with Crippen LogP contribution in [0.25, 0.3) is 11.5 Å². The summed E-state index contributed by atoms with van der Waals surface area (Å²) in [5.74, 6) is 2.02. The molecule has 1 N–H and O–H groups in total. The van der Waals surface area contributed by atoms with Crippen LogP contribution in [0.15, 0.2) is 59.3 Å². The van der Waals surface area contributed by atoms with Gasteiger partial charge in [-0.25, -0.2) is 4.39 Å². The average Bonchev–Trinajstić information content (AvgIpc) is 3.44. The number of aromatic nitrogens is 2. The second-order valence-electron chi connectivity index (χ2n) is 9.27. The van der Waals surface area contributed by atoms with Gasteiger partial charge in [-0.3, -0.25) is 0 Å². The molecule has 0 radical (unpaired) electrons. The summed E-state index contributed by atoms with van der Waals surface area (Å²) in [7, 11) is 0. The number of hydrogen-bond donors (Lipinski definition) is 1. The molecule has 2 aromatic carbocycles. The molecule has 10 heteroatoms. The molecule has 2 saturated heterocycles. The Labute approximate surface area is 218 Å². The highest BCUT2D eigenvalue weighted by molar-refractivity contribution is 7.99. The minimum absolute atomic E-state index is 0.138. The fraction of sp³-hybridized carbons (Fsp3) is 0.407. The van der Waals surface area contributed by atoms with Gasteiger partial charge in [-0.1, -0.05) is 24.8 Å². The van der Waals surface area contributed by atoms with Gasteiger partial charge in [0.15, 0.2) is 0 Å². The molecule has 2 fully saturated rings. The van der Waals surface area contributed by atoms with E-state index in [9.17, 15) is 8.78 Å². The maximum atomic E-state index is 15.3. The zero-order valence-corrected chi connectivity index (χ0v) is 21.3. The van der Waals surface area contributed by atoms with Gasteiger partial charge in [-0.05, 0) is 61.7 Å². The Morgan fingerprint density at radius 3 is 2.49 bits per heavy atom. The fourth-order valence-corrected chi connectivity index (χ4v) is 5.73. The van der Waals surface area contributed by atoms with Crippen LogP contribution < -0.4 is 10.2 Å². The van der Waals surface area contributed by atoms with Crippen molar-refractivity contribution in [2.24, 2.45) is 0 Å². The molecule has 3 aromatic rings. The number of hydrogen-bond acceptors (Lipinski definition) is 7. The highest BCUT2D eigenvalue weighted by atomic mass is 32.2. The highest BCUT2D eigenvalue weighted by Crippen LogP contribution is 2.31. The number of rotatable bonds is 8. The molecule has 0 atom stereocenters. The summed E-state index contributed by atoms with van der Waals surface area (Å²) in [5, 5.41) is 10.4. The van der Waals surface area contributed by atoms with Crippen LogP contribution in [0.1, 0.15) is 42.2 Å².